The quantitative estimate of drug-likeness (QED) is 0.864. The number of nitrogens with zero attached hydrogens (tertiary/aromatic N) is 3. The first-order valence-electron chi connectivity index (χ1n) is 6.52. The van der Waals surface area contributed by atoms with Crippen LogP contribution in [0.1, 0.15) is 38.4 Å². The third-order valence-electron chi connectivity index (χ3n) is 4.00. The summed E-state index contributed by atoms with van der Waals surface area (Å²) in [7, 11) is 4.22. The van der Waals surface area contributed by atoms with Crippen molar-refractivity contribution in [2.75, 3.05) is 13.6 Å². The van der Waals surface area contributed by atoms with Crippen molar-refractivity contribution in [2.24, 2.45) is 7.05 Å². The van der Waals surface area contributed by atoms with Crippen molar-refractivity contribution in [1.29, 1.82) is 0 Å². The zero-order chi connectivity index (χ0) is 12.4. The molecule has 1 aromatic rings. The molecule has 0 radical (unpaired) electrons. The van der Waals surface area contributed by atoms with Crippen LogP contribution in [0.25, 0.3) is 0 Å². The Morgan fingerprint density at radius 2 is 2.24 bits per heavy atom. The van der Waals surface area contributed by atoms with Gasteiger partial charge in [-0.2, -0.15) is 5.10 Å². The Hall–Kier alpha value is -0.870. The summed E-state index contributed by atoms with van der Waals surface area (Å²) < 4.78 is 1.95. The van der Waals surface area contributed by atoms with Gasteiger partial charge in [-0.15, -0.1) is 0 Å². The zero-order valence-corrected chi connectivity index (χ0v) is 11.3. The van der Waals surface area contributed by atoms with Gasteiger partial charge in [0.25, 0.3) is 0 Å². The topological polar surface area (TPSA) is 33.1 Å². The minimum Gasteiger partial charge on any atom is -0.306 e. The van der Waals surface area contributed by atoms with Gasteiger partial charge in [-0.3, -0.25) is 4.68 Å². The molecule has 1 N–H and O–H groups in total. The summed E-state index contributed by atoms with van der Waals surface area (Å²) in [4.78, 5) is 2.44. The Labute approximate surface area is 104 Å². The van der Waals surface area contributed by atoms with E-state index in [1.165, 1.54) is 25.1 Å². The van der Waals surface area contributed by atoms with Gasteiger partial charge in [0, 0.05) is 31.4 Å². The highest BCUT2D eigenvalue weighted by Crippen LogP contribution is 2.19. The maximum atomic E-state index is 4.23. The average molecular weight is 236 g/mol. The smallest absolute Gasteiger partial charge is 0.0547 e. The molecule has 0 aliphatic carbocycles. The van der Waals surface area contributed by atoms with E-state index in [1.807, 2.05) is 17.9 Å². The van der Waals surface area contributed by atoms with Gasteiger partial charge in [0.1, 0.15) is 0 Å². The Balaban J connectivity index is 1.91. The molecule has 0 spiro atoms. The lowest BCUT2D eigenvalue weighted by atomic mass is 9.98. The van der Waals surface area contributed by atoms with Gasteiger partial charge < -0.3 is 10.2 Å². The van der Waals surface area contributed by atoms with E-state index in [0.29, 0.717) is 18.1 Å². The number of rotatable bonds is 3. The van der Waals surface area contributed by atoms with E-state index in [-0.39, 0.29) is 0 Å². The molecule has 2 heterocycles. The van der Waals surface area contributed by atoms with Gasteiger partial charge in [0.05, 0.1) is 5.69 Å². The maximum absolute atomic E-state index is 4.23. The number of aryl methyl sites for hydroxylation is 1. The monoisotopic (exact) mass is 236 g/mol. The number of aromatic nitrogens is 2. The van der Waals surface area contributed by atoms with Crippen LogP contribution in [-0.2, 0) is 7.05 Å². The van der Waals surface area contributed by atoms with Crippen LogP contribution in [-0.4, -0.2) is 40.4 Å². The van der Waals surface area contributed by atoms with Crippen LogP contribution in [0.5, 0.6) is 0 Å². The number of hydrogen-bond donors (Lipinski definition) is 1. The molecule has 1 saturated heterocycles. The van der Waals surface area contributed by atoms with Crippen molar-refractivity contribution < 1.29 is 0 Å². The van der Waals surface area contributed by atoms with Gasteiger partial charge in [-0.25, -0.2) is 0 Å². The lowest BCUT2D eigenvalue weighted by Gasteiger charge is -2.36. The minimum absolute atomic E-state index is 0.378. The lowest BCUT2D eigenvalue weighted by Crippen LogP contribution is -2.46. The molecule has 1 aliphatic heterocycles. The summed E-state index contributed by atoms with van der Waals surface area (Å²) >= 11 is 0. The summed E-state index contributed by atoms with van der Waals surface area (Å²) in [5, 5.41) is 7.95. The van der Waals surface area contributed by atoms with Crippen molar-refractivity contribution in [2.45, 2.75) is 44.8 Å². The van der Waals surface area contributed by atoms with Crippen LogP contribution < -0.4 is 5.32 Å². The van der Waals surface area contributed by atoms with E-state index < -0.39 is 0 Å². The van der Waals surface area contributed by atoms with E-state index in [9.17, 15) is 0 Å². The third-order valence-corrected chi connectivity index (χ3v) is 4.00. The van der Waals surface area contributed by atoms with Crippen LogP contribution in [0.3, 0.4) is 0 Å². The number of likely N-dealkylation sites (tertiary alicyclic amines) is 1. The SMILES string of the molecule is CC(NC1CCN(C)C(C)C1)c1ccnn1C. The van der Waals surface area contributed by atoms with E-state index in [4.69, 9.17) is 0 Å². The molecule has 1 aromatic heterocycles. The predicted molar refractivity (Wildman–Crippen MR) is 69.9 cm³/mol. The van der Waals surface area contributed by atoms with Crippen LogP contribution in [0.2, 0.25) is 0 Å². The molecule has 0 saturated carbocycles. The lowest BCUT2D eigenvalue weighted by molar-refractivity contribution is 0.163. The molecular weight excluding hydrogens is 212 g/mol. The second kappa shape index (κ2) is 5.19. The van der Waals surface area contributed by atoms with E-state index in [0.717, 1.165) is 0 Å². The Kier molecular flexibility index (Phi) is 3.84. The number of hydrogen-bond acceptors (Lipinski definition) is 3. The molecule has 17 heavy (non-hydrogen) atoms. The summed E-state index contributed by atoms with van der Waals surface area (Å²) in [5.74, 6) is 0. The van der Waals surface area contributed by atoms with Crippen molar-refractivity contribution >= 4 is 0 Å². The maximum Gasteiger partial charge on any atom is 0.0547 e. The van der Waals surface area contributed by atoms with Crippen molar-refractivity contribution in [3.8, 4) is 0 Å². The molecule has 1 fully saturated rings. The molecular formula is C13H24N4. The molecule has 3 atom stereocenters. The fraction of sp³-hybridized carbons (Fsp3) is 0.769. The second-order valence-electron chi connectivity index (χ2n) is 5.32. The molecule has 3 unspecified atom stereocenters. The first kappa shape index (κ1) is 12.6. The molecule has 4 heteroatoms. The van der Waals surface area contributed by atoms with Crippen molar-refractivity contribution in [1.82, 2.24) is 20.0 Å². The first-order chi connectivity index (χ1) is 8.08. The van der Waals surface area contributed by atoms with Crippen LogP contribution in [0, 0.1) is 0 Å². The van der Waals surface area contributed by atoms with E-state index in [2.05, 4.69) is 42.3 Å². The average Bonchev–Trinajstić information content (AvgIpc) is 2.70. The van der Waals surface area contributed by atoms with Crippen molar-refractivity contribution in [3.63, 3.8) is 0 Å². The summed E-state index contributed by atoms with van der Waals surface area (Å²) in [5.41, 5.74) is 1.26. The highest BCUT2D eigenvalue weighted by atomic mass is 15.3. The summed E-state index contributed by atoms with van der Waals surface area (Å²) in [6, 6.07) is 3.78. The normalized spacial score (nSPS) is 28.2. The van der Waals surface area contributed by atoms with Gasteiger partial charge in [0.2, 0.25) is 0 Å². The molecule has 0 aromatic carbocycles. The van der Waals surface area contributed by atoms with Crippen molar-refractivity contribution in [3.05, 3.63) is 18.0 Å². The Bertz CT molecular complexity index is 360. The van der Waals surface area contributed by atoms with Crippen LogP contribution in [0.15, 0.2) is 12.3 Å². The largest absolute Gasteiger partial charge is 0.306 e. The first-order valence-corrected chi connectivity index (χ1v) is 6.52. The fourth-order valence-electron chi connectivity index (χ4n) is 2.69. The predicted octanol–water partition coefficient (Wildman–Crippen LogP) is 1.55. The molecule has 1 aliphatic rings. The van der Waals surface area contributed by atoms with Gasteiger partial charge >= 0.3 is 0 Å². The van der Waals surface area contributed by atoms with Gasteiger partial charge in [0.15, 0.2) is 0 Å². The van der Waals surface area contributed by atoms with E-state index in [1.54, 1.807) is 0 Å². The number of nitrogens with one attached hydrogen (secondary N) is 1. The van der Waals surface area contributed by atoms with Gasteiger partial charge in [-0.1, -0.05) is 0 Å². The van der Waals surface area contributed by atoms with Crippen LogP contribution in [0.4, 0.5) is 0 Å². The van der Waals surface area contributed by atoms with E-state index >= 15 is 0 Å². The molecule has 0 amide bonds. The molecule has 96 valence electrons. The zero-order valence-electron chi connectivity index (χ0n) is 11.3. The minimum atomic E-state index is 0.378. The molecule has 4 nitrogen and oxygen atoms in total. The highest BCUT2D eigenvalue weighted by Gasteiger charge is 2.24. The molecule has 2 rings (SSSR count). The number of piperidine rings is 1. The Morgan fingerprint density at radius 1 is 1.47 bits per heavy atom. The summed E-state index contributed by atoms with van der Waals surface area (Å²) in [6.45, 7) is 5.72. The van der Waals surface area contributed by atoms with Crippen LogP contribution >= 0.6 is 0 Å². The molecule has 0 bridgehead atoms. The van der Waals surface area contributed by atoms with Gasteiger partial charge in [-0.05, 0) is 46.3 Å². The second-order valence-corrected chi connectivity index (χ2v) is 5.32. The standard InChI is InChI=1S/C13H24N4/c1-10-9-12(6-8-16(10)3)15-11(2)13-5-7-14-17(13)4/h5,7,10-12,15H,6,8-9H2,1-4H3. The third kappa shape index (κ3) is 2.87. The summed E-state index contributed by atoms with van der Waals surface area (Å²) in [6.07, 6.45) is 4.34. The fourth-order valence-corrected chi connectivity index (χ4v) is 2.69. The Morgan fingerprint density at radius 3 is 2.82 bits per heavy atom. The highest BCUT2D eigenvalue weighted by molar-refractivity contribution is 5.06.